The quantitative estimate of drug-likeness (QED) is 0.607. The molecule has 2 fully saturated rings. The lowest BCUT2D eigenvalue weighted by Crippen LogP contribution is -2.49. The number of hydrogen-bond acceptors (Lipinski definition) is 3. The van der Waals surface area contributed by atoms with E-state index in [2.05, 4.69) is 20.4 Å². The van der Waals surface area contributed by atoms with E-state index in [1.165, 1.54) is 6.08 Å². The van der Waals surface area contributed by atoms with Crippen LogP contribution in [0.1, 0.15) is 40.5 Å². The Hall–Kier alpha value is -0.830. The summed E-state index contributed by atoms with van der Waals surface area (Å²) < 4.78 is 5.49. The average molecular weight is 252 g/mol. The van der Waals surface area contributed by atoms with E-state index in [1.54, 1.807) is 6.92 Å². The van der Waals surface area contributed by atoms with Crippen LogP contribution in [0.2, 0.25) is 0 Å². The lowest BCUT2D eigenvalue weighted by atomic mass is 9.51. The van der Waals surface area contributed by atoms with E-state index in [1.807, 2.05) is 6.92 Å². The van der Waals surface area contributed by atoms with Gasteiger partial charge in [0.2, 0.25) is 0 Å². The molecular weight excluding hydrogens is 228 g/mol. The largest absolute Gasteiger partial charge is 0.459 e. The highest BCUT2D eigenvalue weighted by Gasteiger charge is 2.55. The van der Waals surface area contributed by atoms with Crippen molar-refractivity contribution < 1.29 is 14.6 Å². The van der Waals surface area contributed by atoms with Gasteiger partial charge in [0.15, 0.2) is 0 Å². The van der Waals surface area contributed by atoms with Crippen LogP contribution in [0.3, 0.4) is 0 Å². The fraction of sp³-hybridized carbons (Fsp3) is 0.800. The predicted molar refractivity (Wildman–Crippen MR) is 69.9 cm³/mol. The summed E-state index contributed by atoms with van der Waals surface area (Å²) in [4.78, 5) is 12.0. The maximum atomic E-state index is 12.0. The lowest BCUT2D eigenvalue weighted by Gasteiger charge is -2.53. The molecule has 1 heterocycles. The van der Waals surface area contributed by atoms with Gasteiger partial charge in [0.05, 0.1) is 5.92 Å². The van der Waals surface area contributed by atoms with Gasteiger partial charge in [0.25, 0.3) is 0 Å². The smallest absolute Gasteiger partial charge is 0.309 e. The summed E-state index contributed by atoms with van der Waals surface area (Å²) in [6, 6.07) is 0. The summed E-state index contributed by atoms with van der Waals surface area (Å²) in [7, 11) is 0. The molecule has 18 heavy (non-hydrogen) atoms. The Labute approximate surface area is 109 Å². The highest BCUT2D eigenvalue weighted by atomic mass is 16.6. The molecule has 3 nitrogen and oxygen atoms in total. The van der Waals surface area contributed by atoms with Crippen LogP contribution in [0.15, 0.2) is 12.7 Å². The zero-order valence-corrected chi connectivity index (χ0v) is 11.8. The first-order valence-corrected chi connectivity index (χ1v) is 6.75. The number of aliphatic hydroxyl groups is 1. The molecule has 1 N–H and O–H groups in total. The number of cyclic esters (lactones) is 1. The molecule has 5 unspecified atom stereocenters. The van der Waals surface area contributed by atoms with Crippen LogP contribution in [0.4, 0.5) is 0 Å². The first kappa shape index (κ1) is 13.6. The van der Waals surface area contributed by atoms with Crippen LogP contribution in [0.25, 0.3) is 0 Å². The average Bonchev–Trinajstić information content (AvgIpc) is 2.39. The van der Waals surface area contributed by atoms with E-state index < -0.39 is 11.7 Å². The summed E-state index contributed by atoms with van der Waals surface area (Å²) in [6.07, 6.45) is 2.80. The van der Waals surface area contributed by atoms with Crippen molar-refractivity contribution in [2.24, 2.45) is 23.2 Å². The standard InChI is InChI=1S/C15H24O3/c1-6-15(5,17)12-7-11-10(8-14(11,3)4)9(2)13(16)18-12/h6,9-12,17H,1,7-8H2,2-5H3. The molecule has 5 atom stereocenters. The molecule has 3 heteroatoms. The van der Waals surface area contributed by atoms with E-state index in [0.717, 1.165) is 12.8 Å². The third-order valence-electron chi connectivity index (χ3n) is 5.09. The van der Waals surface area contributed by atoms with Crippen LogP contribution in [-0.2, 0) is 9.53 Å². The van der Waals surface area contributed by atoms with Crippen LogP contribution < -0.4 is 0 Å². The zero-order valence-electron chi connectivity index (χ0n) is 11.8. The molecule has 1 saturated heterocycles. The molecule has 1 saturated carbocycles. The van der Waals surface area contributed by atoms with Gasteiger partial charge in [-0.3, -0.25) is 4.79 Å². The number of esters is 1. The van der Waals surface area contributed by atoms with Gasteiger partial charge >= 0.3 is 5.97 Å². The molecule has 0 amide bonds. The lowest BCUT2D eigenvalue weighted by molar-refractivity contribution is -0.162. The zero-order chi connectivity index (χ0) is 13.7. The molecular formula is C15H24O3. The second kappa shape index (κ2) is 4.09. The van der Waals surface area contributed by atoms with E-state index in [0.29, 0.717) is 11.8 Å². The Morgan fingerprint density at radius 3 is 2.67 bits per heavy atom. The minimum atomic E-state index is -1.14. The summed E-state index contributed by atoms with van der Waals surface area (Å²) in [6.45, 7) is 11.7. The number of fused-ring (bicyclic) bond motifs is 1. The monoisotopic (exact) mass is 252 g/mol. The molecule has 0 spiro atoms. The summed E-state index contributed by atoms with van der Waals surface area (Å²) in [5.74, 6) is 0.604. The topological polar surface area (TPSA) is 46.5 Å². The van der Waals surface area contributed by atoms with E-state index in [9.17, 15) is 9.90 Å². The third-order valence-corrected chi connectivity index (χ3v) is 5.09. The second-order valence-electron chi connectivity index (χ2n) is 6.84. The van der Waals surface area contributed by atoms with Gasteiger partial charge in [0, 0.05) is 0 Å². The fourth-order valence-electron chi connectivity index (χ4n) is 3.53. The fourth-order valence-corrected chi connectivity index (χ4v) is 3.53. The Morgan fingerprint density at radius 1 is 1.56 bits per heavy atom. The number of ether oxygens (including phenoxy) is 1. The first-order valence-electron chi connectivity index (χ1n) is 6.75. The van der Waals surface area contributed by atoms with Gasteiger partial charge < -0.3 is 9.84 Å². The Morgan fingerprint density at radius 2 is 2.17 bits per heavy atom. The Kier molecular flexibility index (Phi) is 3.09. The van der Waals surface area contributed by atoms with E-state index in [4.69, 9.17) is 4.74 Å². The first-order chi connectivity index (χ1) is 8.19. The molecule has 1 aliphatic heterocycles. The van der Waals surface area contributed by atoms with Crippen LogP contribution >= 0.6 is 0 Å². The summed E-state index contributed by atoms with van der Waals surface area (Å²) >= 11 is 0. The second-order valence-corrected chi connectivity index (χ2v) is 6.84. The van der Waals surface area contributed by atoms with Crippen molar-refractivity contribution in [3.63, 3.8) is 0 Å². The third kappa shape index (κ3) is 1.99. The molecule has 1 aliphatic carbocycles. The molecule has 0 bridgehead atoms. The van der Waals surface area contributed by atoms with Crippen LogP contribution in [0.5, 0.6) is 0 Å². The molecule has 2 aliphatic rings. The van der Waals surface area contributed by atoms with Gasteiger partial charge in [-0.25, -0.2) is 0 Å². The van der Waals surface area contributed by atoms with Crippen molar-refractivity contribution >= 4 is 5.97 Å². The van der Waals surface area contributed by atoms with Gasteiger partial charge in [-0.2, -0.15) is 0 Å². The van der Waals surface area contributed by atoms with Crippen molar-refractivity contribution in [2.45, 2.75) is 52.2 Å². The minimum Gasteiger partial charge on any atom is -0.459 e. The van der Waals surface area contributed by atoms with Crippen molar-refractivity contribution in [3.05, 3.63) is 12.7 Å². The summed E-state index contributed by atoms with van der Waals surface area (Å²) in [5, 5.41) is 10.3. The van der Waals surface area contributed by atoms with Crippen molar-refractivity contribution in [3.8, 4) is 0 Å². The highest BCUT2D eigenvalue weighted by molar-refractivity contribution is 5.73. The maximum absolute atomic E-state index is 12.0. The minimum absolute atomic E-state index is 0.0614. The predicted octanol–water partition coefficient (Wildman–Crippen LogP) is 2.54. The number of rotatable bonds is 2. The van der Waals surface area contributed by atoms with Crippen molar-refractivity contribution in [1.82, 2.24) is 0 Å². The molecule has 0 aromatic carbocycles. The SMILES string of the molecule is C=CC(C)(O)C1CC2C(CC2(C)C)C(C)C(=O)O1. The van der Waals surface area contributed by atoms with Gasteiger partial charge in [0.1, 0.15) is 11.7 Å². The molecule has 102 valence electrons. The van der Waals surface area contributed by atoms with Gasteiger partial charge in [-0.15, -0.1) is 6.58 Å². The van der Waals surface area contributed by atoms with Crippen molar-refractivity contribution in [1.29, 1.82) is 0 Å². The number of hydrogen-bond donors (Lipinski definition) is 1. The number of carbonyl (C=O) groups is 1. The van der Waals surface area contributed by atoms with Gasteiger partial charge in [-0.1, -0.05) is 26.8 Å². The van der Waals surface area contributed by atoms with E-state index >= 15 is 0 Å². The molecule has 0 aromatic rings. The Balaban J connectivity index is 2.26. The maximum Gasteiger partial charge on any atom is 0.309 e. The molecule has 0 radical (unpaired) electrons. The normalized spacial score (nSPS) is 41.7. The summed E-state index contributed by atoms with van der Waals surface area (Å²) in [5.41, 5.74) is -0.904. The van der Waals surface area contributed by atoms with E-state index in [-0.39, 0.29) is 17.3 Å². The highest BCUT2D eigenvalue weighted by Crippen LogP contribution is 2.57. The van der Waals surface area contributed by atoms with Crippen LogP contribution in [0, 0.1) is 23.2 Å². The number of carbonyl (C=O) groups excluding carboxylic acids is 1. The van der Waals surface area contributed by atoms with Gasteiger partial charge in [-0.05, 0) is 37.0 Å². The van der Waals surface area contributed by atoms with Crippen molar-refractivity contribution in [2.75, 3.05) is 0 Å². The molecule has 0 aromatic heterocycles. The van der Waals surface area contributed by atoms with Crippen LogP contribution in [-0.4, -0.2) is 22.8 Å². The molecule has 2 rings (SSSR count). The Bertz CT molecular complexity index is 370.